The van der Waals surface area contributed by atoms with Crippen molar-refractivity contribution < 1.29 is 42.9 Å². The van der Waals surface area contributed by atoms with E-state index in [1.807, 2.05) is 18.2 Å². The van der Waals surface area contributed by atoms with Crippen LogP contribution in [0.25, 0.3) is 22.3 Å². The molecule has 0 aliphatic rings. The second-order valence-electron chi connectivity index (χ2n) is 9.83. The Balaban J connectivity index is 1.82. The van der Waals surface area contributed by atoms with Gasteiger partial charge in [0.1, 0.15) is 37.9 Å². The predicted octanol–water partition coefficient (Wildman–Crippen LogP) is 6.28. The van der Waals surface area contributed by atoms with Crippen molar-refractivity contribution in [3.63, 3.8) is 0 Å². The van der Waals surface area contributed by atoms with Gasteiger partial charge in [0.15, 0.2) is 0 Å². The Morgan fingerprint density at radius 2 is 0.955 bits per heavy atom. The van der Waals surface area contributed by atoms with Gasteiger partial charge in [-0.3, -0.25) is 0 Å². The van der Waals surface area contributed by atoms with Crippen LogP contribution in [0.4, 0.5) is 0 Å². The van der Waals surface area contributed by atoms with E-state index in [1.54, 1.807) is 62.4 Å². The predicted molar refractivity (Wildman–Crippen MR) is 165 cm³/mol. The maximum Gasteiger partial charge on any atom is 0.338 e. The summed E-state index contributed by atoms with van der Waals surface area (Å²) < 4.78 is 26.3. The largest absolute Gasteiger partial charge is 0.490 e. The number of hydrogen-bond acceptors (Lipinski definition) is 9. The van der Waals surface area contributed by atoms with Gasteiger partial charge < -0.3 is 23.7 Å². The minimum absolute atomic E-state index is 0.0819. The van der Waals surface area contributed by atoms with Crippen LogP contribution in [0.2, 0.25) is 0 Å². The van der Waals surface area contributed by atoms with E-state index in [0.29, 0.717) is 22.6 Å². The van der Waals surface area contributed by atoms with Crippen molar-refractivity contribution in [2.24, 2.45) is 0 Å². The third-order valence-corrected chi connectivity index (χ3v) is 5.93. The van der Waals surface area contributed by atoms with Gasteiger partial charge in [0, 0.05) is 16.7 Å². The smallest absolute Gasteiger partial charge is 0.338 e. The number of esters is 4. The first-order chi connectivity index (χ1) is 20.9. The fourth-order valence-electron chi connectivity index (χ4n) is 3.62. The van der Waals surface area contributed by atoms with Gasteiger partial charge >= 0.3 is 23.9 Å². The molecular formula is C35H34O9. The van der Waals surface area contributed by atoms with Crippen LogP contribution in [0.15, 0.2) is 103 Å². The van der Waals surface area contributed by atoms with Gasteiger partial charge in [0.05, 0.1) is 5.56 Å². The third kappa shape index (κ3) is 9.84. The van der Waals surface area contributed by atoms with E-state index in [0.717, 1.165) is 16.7 Å². The molecule has 228 valence electrons. The zero-order chi connectivity index (χ0) is 32.2. The first kappa shape index (κ1) is 33.1. The Morgan fingerprint density at radius 3 is 1.43 bits per heavy atom. The highest BCUT2D eigenvalue weighted by Crippen LogP contribution is 2.31. The number of rotatable bonds is 14. The fraction of sp³-hybridized carbons (Fsp3) is 0.200. The van der Waals surface area contributed by atoms with Crippen LogP contribution in [0.3, 0.4) is 0 Å². The summed E-state index contributed by atoms with van der Waals surface area (Å²) in [6.45, 7) is 15.3. The summed E-state index contributed by atoms with van der Waals surface area (Å²) in [6.07, 6.45) is 0. The average molecular weight is 599 g/mol. The highest BCUT2D eigenvalue weighted by atomic mass is 16.6. The molecule has 0 aliphatic heterocycles. The number of ether oxygens (including phenoxy) is 5. The summed E-state index contributed by atoms with van der Waals surface area (Å²) >= 11 is 0. The molecule has 9 heteroatoms. The van der Waals surface area contributed by atoms with Crippen molar-refractivity contribution in [1.82, 2.24) is 0 Å². The molecule has 3 rings (SSSR count). The van der Waals surface area contributed by atoms with E-state index in [1.165, 1.54) is 6.92 Å². The monoisotopic (exact) mass is 598 g/mol. The van der Waals surface area contributed by atoms with Crippen LogP contribution in [0.1, 0.15) is 31.1 Å². The van der Waals surface area contributed by atoms with Crippen LogP contribution in [-0.2, 0) is 28.6 Å². The zero-order valence-electron chi connectivity index (χ0n) is 25.0. The summed E-state index contributed by atoms with van der Waals surface area (Å²) in [5.74, 6) is -1.25. The summed E-state index contributed by atoms with van der Waals surface area (Å²) in [5, 5.41) is 0. The van der Waals surface area contributed by atoms with Crippen molar-refractivity contribution >= 4 is 23.9 Å². The van der Waals surface area contributed by atoms with Crippen LogP contribution in [0, 0.1) is 0 Å². The van der Waals surface area contributed by atoms with Gasteiger partial charge in [-0.25, -0.2) is 19.2 Å². The first-order valence-corrected chi connectivity index (χ1v) is 13.6. The van der Waals surface area contributed by atoms with Crippen molar-refractivity contribution in [2.75, 3.05) is 26.4 Å². The van der Waals surface area contributed by atoms with Crippen molar-refractivity contribution in [3.05, 3.63) is 109 Å². The molecule has 9 nitrogen and oxygen atoms in total. The molecule has 0 radical (unpaired) electrons. The molecule has 0 saturated carbocycles. The Morgan fingerprint density at radius 1 is 0.523 bits per heavy atom. The zero-order valence-corrected chi connectivity index (χ0v) is 25.0. The Kier molecular flexibility index (Phi) is 11.8. The second-order valence-corrected chi connectivity index (χ2v) is 9.83. The van der Waals surface area contributed by atoms with Crippen molar-refractivity contribution in [1.29, 1.82) is 0 Å². The van der Waals surface area contributed by atoms with Gasteiger partial charge in [-0.2, -0.15) is 0 Å². The van der Waals surface area contributed by atoms with E-state index >= 15 is 0 Å². The molecule has 0 atom stereocenters. The first-order valence-electron chi connectivity index (χ1n) is 13.6. The molecule has 3 aromatic rings. The van der Waals surface area contributed by atoms with Gasteiger partial charge in [-0.05, 0) is 85.5 Å². The van der Waals surface area contributed by atoms with E-state index in [-0.39, 0.29) is 43.1 Å². The Labute approximate surface area is 256 Å². The Bertz CT molecular complexity index is 1560. The minimum Gasteiger partial charge on any atom is -0.490 e. The minimum atomic E-state index is -0.601. The molecule has 0 N–H and O–H groups in total. The standard InChI is InChI=1S/C35H34O9/c1-22(2)32(36)41-16-15-40-30-11-7-25(8-12-30)27-19-28(26-9-13-31(14-10-26)44-34(38)24(5)6)21-29(20-27)35(39)43-18-17-42-33(37)23(3)4/h7-14,19-21H,1,3,5,15-18H2,2,4,6H3. The lowest BCUT2D eigenvalue weighted by atomic mass is 9.96. The molecule has 3 aromatic carbocycles. The molecule has 0 fully saturated rings. The van der Waals surface area contributed by atoms with E-state index in [4.69, 9.17) is 23.7 Å². The van der Waals surface area contributed by atoms with Gasteiger partial charge in [0.25, 0.3) is 0 Å². The fourth-order valence-corrected chi connectivity index (χ4v) is 3.62. The molecule has 0 unspecified atom stereocenters. The van der Waals surface area contributed by atoms with Crippen LogP contribution >= 0.6 is 0 Å². The lowest BCUT2D eigenvalue weighted by Gasteiger charge is -2.12. The van der Waals surface area contributed by atoms with Crippen LogP contribution < -0.4 is 9.47 Å². The van der Waals surface area contributed by atoms with Gasteiger partial charge in [-0.15, -0.1) is 0 Å². The number of carbonyl (C=O) groups is 4. The molecule has 0 heterocycles. The number of benzene rings is 3. The maximum atomic E-state index is 13.0. The maximum absolute atomic E-state index is 13.0. The van der Waals surface area contributed by atoms with Crippen molar-refractivity contribution in [2.45, 2.75) is 20.8 Å². The molecule has 0 bridgehead atoms. The van der Waals surface area contributed by atoms with E-state index in [2.05, 4.69) is 19.7 Å². The van der Waals surface area contributed by atoms with E-state index < -0.39 is 23.9 Å². The highest BCUT2D eigenvalue weighted by Gasteiger charge is 2.14. The second kappa shape index (κ2) is 15.7. The molecule has 0 amide bonds. The lowest BCUT2D eigenvalue weighted by molar-refractivity contribution is -0.140. The third-order valence-electron chi connectivity index (χ3n) is 5.93. The lowest BCUT2D eigenvalue weighted by Crippen LogP contribution is -2.14. The molecular weight excluding hydrogens is 564 g/mol. The van der Waals surface area contributed by atoms with E-state index in [9.17, 15) is 19.2 Å². The average Bonchev–Trinajstić information content (AvgIpc) is 3.01. The molecule has 0 saturated heterocycles. The summed E-state index contributed by atoms with van der Waals surface area (Å²) in [5.41, 5.74) is 4.11. The number of hydrogen-bond donors (Lipinski definition) is 0. The van der Waals surface area contributed by atoms with Crippen molar-refractivity contribution in [3.8, 4) is 33.8 Å². The summed E-state index contributed by atoms with van der Waals surface area (Å²) in [4.78, 5) is 48.0. The quantitative estimate of drug-likeness (QED) is 0.0696. The molecule has 0 spiro atoms. The van der Waals surface area contributed by atoms with Crippen LogP contribution in [-0.4, -0.2) is 50.3 Å². The van der Waals surface area contributed by atoms with Gasteiger partial charge in [-0.1, -0.05) is 44.0 Å². The summed E-state index contributed by atoms with van der Waals surface area (Å²) in [7, 11) is 0. The molecule has 0 aromatic heterocycles. The highest BCUT2D eigenvalue weighted by molar-refractivity contribution is 5.94. The molecule has 44 heavy (non-hydrogen) atoms. The SMILES string of the molecule is C=C(C)C(=O)OCCOC(=O)c1cc(-c2ccc(OCCOC(=O)C(=C)C)cc2)cc(-c2ccc(OC(=O)C(=C)C)cc2)c1. The number of carbonyl (C=O) groups excluding carboxylic acids is 4. The van der Waals surface area contributed by atoms with Gasteiger partial charge in [0.2, 0.25) is 0 Å². The topological polar surface area (TPSA) is 114 Å². The normalized spacial score (nSPS) is 10.2. The summed E-state index contributed by atoms with van der Waals surface area (Å²) in [6, 6.07) is 19.3. The molecule has 0 aliphatic carbocycles. The van der Waals surface area contributed by atoms with Crippen LogP contribution in [0.5, 0.6) is 11.5 Å². The Hall–Kier alpha value is -5.44.